The van der Waals surface area contributed by atoms with Gasteiger partial charge in [0.1, 0.15) is 5.75 Å². The number of carbonyl (C=O) groups excluding carboxylic acids is 1. The van der Waals surface area contributed by atoms with Gasteiger partial charge in [-0.2, -0.15) is 0 Å². The van der Waals surface area contributed by atoms with Crippen molar-refractivity contribution in [3.8, 4) is 5.75 Å². The van der Waals surface area contributed by atoms with Gasteiger partial charge in [-0.15, -0.1) is 11.8 Å². The van der Waals surface area contributed by atoms with Crippen LogP contribution in [-0.2, 0) is 4.79 Å². The van der Waals surface area contributed by atoms with Crippen LogP contribution in [0.15, 0.2) is 29.2 Å². The van der Waals surface area contributed by atoms with E-state index < -0.39 is 0 Å². The molecule has 1 aliphatic rings. The molecule has 0 saturated carbocycles. The Kier molecular flexibility index (Phi) is 3.94. The third kappa shape index (κ3) is 2.94. The molecule has 3 nitrogen and oxygen atoms in total. The van der Waals surface area contributed by atoms with Crippen LogP contribution in [0.1, 0.15) is 19.8 Å². The molecule has 1 aliphatic heterocycles. The average Bonchev–Trinajstić information content (AvgIpc) is 2.76. The molecule has 1 fully saturated rings. The summed E-state index contributed by atoms with van der Waals surface area (Å²) in [5.74, 6) is 1.14. The van der Waals surface area contributed by atoms with Crippen molar-refractivity contribution in [2.24, 2.45) is 0 Å². The summed E-state index contributed by atoms with van der Waals surface area (Å²) in [5.41, 5.74) is 0. The summed E-state index contributed by atoms with van der Waals surface area (Å²) in [5, 5.41) is 0.207. The van der Waals surface area contributed by atoms with Gasteiger partial charge in [0.25, 0.3) is 0 Å². The van der Waals surface area contributed by atoms with Crippen LogP contribution in [-0.4, -0.2) is 29.8 Å². The molecule has 0 radical (unpaired) electrons. The maximum absolute atomic E-state index is 11.6. The van der Waals surface area contributed by atoms with E-state index in [0.717, 1.165) is 23.6 Å². The van der Waals surface area contributed by atoms with Crippen molar-refractivity contribution >= 4 is 17.7 Å². The van der Waals surface area contributed by atoms with Crippen molar-refractivity contribution in [2.45, 2.75) is 30.0 Å². The van der Waals surface area contributed by atoms with E-state index in [-0.39, 0.29) is 11.3 Å². The molecule has 1 atom stereocenters. The average molecular weight is 251 g/mol. The SMILES string of the molecule is COc1ccc(SC(C)N2CCCC2=O)cc1. The first-order valence-electron chi connectivity index (χ1n) is 5.81. The molecule has 92 valence electrons. The summed E-state index contributed by atoms with van der Waals surface area (Å²) < 4.78 is 5.12. The Balaban J connectivity index is 1.97. The van der Waals surface area contributed by atoms with E-state index in [1.165, 1.54) is 0 Å². The number of hydrogen-bond acceptors (Lipinski definition) is 3. The molecule has 0 aromatic heterocycles. The first-order valence-corrected chi connectivity index (χ1v) is 6.69. The highest BCUT2D eigenvalue weighted by atomic mass is 32.2. The monoisotopic (exact) mass is 251 g/mol. The number of rotatable bonds is 4. The Labute approximate surface area is 106 Å². The van der Waals surface area contributed by atoms with Crippen molar-refractivity contribution in [3.05, 3.63) is 24.3 Å². The molecular weight excluding hydrogens is 234 g/mol. The van der Waals surface area contributed by atoms with Gasteiger partial charge in [0, 0.05) is 17.9 Å². The number of hydrogen-bond donors (Lipinski definition) is 0. The van der Waals surface area contributed by atoms with Crippen molar-refractivity contribution in [1.29, 1.82) is 0 Å². The molecule has 1 aromatic rings. The van der Waals surface area contributed by atoms with E-state index in [1.807, 2.05) is 29.2 Å². The fourth-order valence-electron chi connectivity index (χ4n) is 1.97. The van der Waals surface area contributed by atoms with Crippen LogP contribution in [0.3, 0.4) is 0 Å². The van der Waals surface area contributed by atoms with Gasteiger partial charge < -0.3 is 9.64 Å². The molecule has 0 N–H and O–H groups in total. The molecule has 0 bridgehead atoms. The maximum Gasteiger partial charge on any atom is 0.223 e. The molecule has 0 spiro atoms. The number of amides is 1. The normalized spacial score (nSPS) is 17.3. The maximum atomic E-state index is 11.6. The third-order valence-electron chi connectivity index (χ3n) is 2.91. The summed E-state index contributed by atoms with van der Waals surface area (Å²) in [6, 6.07) is 7.95. The minimum absolute atomic E-state index is 0.207. The van der Waals surface area contributed by atoms with Crippen LogP contribution >= 0.6 is 11.8 Å². The highest BCUT2D eigenvalue weighted by molar-refractivity contribution is 7.99. The molecule has 1 unspecified atom stereocenters. The highest BCUT2D eigenvalue weighted by Crippen LogP contribution is 2.29. The first-order chi connectivity index (χ1) is 8.20. The van der Waals surface area contributed by atoms with Gasteiger partial charge in [0.2, 0.25) is 5.91 Å². The summed E-state index contributed by atoms with van der Waals surface area (Å²) in [7, 11) is 1.66. The molecule has 1 heterocycles. The van der Waals surface area contributed by atoms with Gasteiger partial charge in [-0.25, -0.2) is 0 Å². The van der Waals surface area contributed by atoms with E-state index >= 15 is 0 Å². The Morgan fingerprint density at radius 1 is 1.35 bits per heavy atom. The lowest BCUT2D eigenvalue weighted by molar-refractivity contribution is -0.128. The molecule has 1 saturated heterocycles. The van der Waals surface area contributed by atoms with Crippen molar-refractivity contribution < 1.29 is 9.53 Å². The predicted octanol–water partition coefficient (Wildman–Crippen LogP) is 2.76. The standard InChI is InChI=1S/C13H17NO2S/c1-10(14-9-3-4-13(14)15)17-12-7-5-11(16-2)6-8-12/h5-8,10H,3-4,9H2,1-2H3. The van der Waals surface area contributed by atoms with Crippen LogP contribution in [0.4, 0.5) is 0 Å². The number of nitrogens with zero attached hydrogens (tertiary/aromatic N) is 1. The molecule has 0 aliphatic carbocycles. The van der Waals surface area contributed by atoms with Crippen LogP contribution in [0.25, 0.3) is 0 Å². The Morgan fingerprint density at radius 2 is 2.06 bits per heavy atom. The summed E-state index contributed by atoms with van der Waals surface area (Å²) in [6.45, 7) is 2.97. The smallest absolute Gasteiger partial charge is 0.223 e. The minimum Gasteiger partial charge on any atom is -0.497 e. The van der Waals surface area contributed by atoms with E-state index in [2.05, 4.69) is 6.92 Å². The van der Waals surface area contributed by atoms with Crippen molar-refractivity contribution in [3.63, 3.8) is 0 Å². The predicted molar refractivity (Wildman–Crippen MR) is 69.3 cm³/mol. The van der Waals surface area contributed by atoms with Gasteiger partial charge in [-0.05, 0) is 37.6 Å². The van der Waals surface area contributed by atoms with Gasteiger partial charge in [0.15, 0.2) is 0 Å². The van der Waals surface area contributed by atoms with Crippen LogP contribution in [0, 0.1) is 0 Å². The second-order valence-electron chi connectivity index (χ2n) is 4.08. The number of ether oxygens (including phenoxy) is 1. The summed E-state index contributed by atoms with van der Waals surface area (Å²) in [4.78, 5) is 14.7. The number of carbonyl (C=O) groups is 1. The van der Waals surface area contributed by atoms with Gasteiger partial charge >= 0.3 is 0 Å². The number of methoxy groups -OCH3 is 1. The number of thioether (sulfide) groups is 1. The molecule has 1 amide bonds. The zero-order valence-corrected chi connectivity index (χ0v) is 11.0. The van der Waals surface area contributed by atoms with E-state index in [9.17, 15) is 4.79 Å². The topological polar surface area (TPSA) is 29.5 Å². The Hall–Kier alpha value is -1.16. The van der Waals surface area contributed by atoms with Crippen LogP contribution in [0.2, 0.25) is 0 Å². The van der Waals surface area contributed by atoms with Crippen LogP contribution < -0.4 is 4.74 Å². The second kappa shape index (κ2) is 5.45. The van der Waals surface area contributed by atoms with Crippen molar-refractivity contribution in [1.82, 2.24) is 4.90 Å². The lowest BCUT2D eigenvalue weighted by Crippen LogP contribution is -2.31. The summed E-state index contributed by atoms with van der Waals surface area (Å²) in [6.07, 6.45) is 1.69. The number of likely N-dealkylation sites (tertiary alicyclic amines) is 1. The quantitative estimate of drug-likeness (QED) is 0.771. The zero-order valence-electron chi connectivity index (χ0n) is 10.2. The molecular formula is C13H17NO2S. The zero-order chi connectivity index (χ0) is 12.3. The minimum atomic E-state index is 0.207. The molecule has 4 heteroatoms. The highest BCUT2D eigenvalue weighted by Gasteiger charge is 2.25. The van der Waals surface area contributed by atoms with E-state index in [0.29, 0.717) is 6.42 Å². The van der Waals surface area contributed by atoms with Crippen LogP contribution in [0.5, 0.6) is 5.75 Å². The molecule has 1 aromatic carbocycles. The second-order valence-corrected chi connectivity index (χ2v) is 5.47. The van der Waals surface area contributed by atoms with Crippen molar-refractivity contribution in [2.75, 3.05) is 13.7 Å². The molecule has 17 heavy (non-hydrogen) atoms. The number of benzene rings is 1. The van der Waals surface area contributed by atoms with E-state index in [4.69, 9.17) is 4.74 Å². The van der Waals surface area contributed by atoms with Gasteiger partial charge in [-0.3, -0.25) is 4.79 Å². The lowest BCUT2D eigenvalue weighted by atomic mass is 10.3. The third-order valence-corrected chi connectivity index (χ3v) is 4.05. The lowest BCUT2D eigenvalue weighted by Gasteiger charge is -2.23. The Morgan fingerprint density at radius 3 is 2.59 bits per heavy atom. The van der Waals surface area contributed by atoms with Gasteiger partial charge in [-0.1, -0.05) is 0 Å². The summed E-state index contributed by atoms with van der Waals surface area (Å²) >= 11 is 1.71. The van der Waals surface area contributed by atoms with Gasteiger partial charge in [0.05, 0.1) is 12.5 Å². The Bertz CT molecular complexity index is 391. The largest absolute Gasteiger partial charge is 0.497 e. The fraction of sp³-hybridized carbons (Fsp3) is 0.462. The van der Waals surface area contributed by atoms with E-state index in [1.54, 1.807) is 18.9 Å². The molecule has 2 rings (SSSR count). The fourth-order valence-corrected chi connectivity index (χ4v) is 3.01. The first kappa shape index (κ1) is 12.3.